The fourth-order valence-corrected chi connectivity index (χ4v) is 9.71. The Labute approximate surface area is 217 Å². The fourth-order valence-electron chi connectivity index (χ4n) is 9.71. The summed E-state index contributed by atoms with van der Waals surface area (Å²) in [6, 6.07) is 9.43. The Balaban J connectivity index is 1.21. The van der Waals surface area contributed by atoms with E-state index in [1.54, 1.807) is 0 Å². The lowest BCUT2D eigenvalue weighted by Gasteiger charge is -2.64. The second kappa shape index (κ2) is 10.3. The minimum atomic E-state index is -0.381. The minimum Gasteiger partial charge on any atom is -0.449 e. The van der Waals surface area contributed by atoms with Gasteiger partial charge in [-0.15, -0.1) is 0 Å². The molecule has 4 saturated carbocycles. The van der Waals surface area contributed by atoms with Gasteiger partial charge in [0.15, 0.2) is 0 Å². The van der Waals surface area contributed by atoms with Crippen LogP contribution in [0.2, 0.25) is 0 Å². The molecule has 3 N–H and O–H groups in total. The molecule has 1 aromatic rings. The summed E-state index contributed by atoms with van der Waals surface area (Å²) in [7, 11) is 0. The van der Waals surface area contributed by atoms with E-state index in [9.17, 15) is 15.0 Å². The summed E-state index contributed by atoms with van der Waals surface area (Å²) in [5, 5.41) is 25.1. The molecule has 0 heterocycles. The standard InChI is InChI=1S/C31H47NO4/c1-4-23-26-19-22(33)14-16-31(26,3)25-15-17-30(2)20(12-13-24(30)27(25)28(23)34)9-8-18-36-29(35)32-21-10-6-5-7-11-21/h5-7,10-11,20,22-28,33-34H,4,8-9,12-19H2,1-3H3,(H,32,35)/t20-,22+,23+,24-,25-,26-,27-,28+,30+,31+/m0/s1. The molecule has 5 heteroatoms. The predicted molar refractivity (Wildman–Crippen MR) is 142 cm³/mol. The van der Waals surface area contributed by atoms with Gasteiger partial charge < -0.3 is 14.9 Å². The number of fused-ring (bicyclic) bond motifs is 5. The third-order valence-electron chi connectivity index (χ3n) is 11.5. The second-order valence-corrected chi connectivity index (χ2v) is 13.0. The van der Waals surface area contributed by atoms with Crippen LogP contribution >= 0.6 is 0 Å². The molecule has 0 bridgehead atoms. The third-order valence-corrected chi connectivity index (χ3v) is 11.5. The normalized spacial score (nSPS) is 43.7. The topological polar surface area (TPSA) is 78.8 Å². The van der Waals surface area contributed by atoms with Crippen LogP contribution in [0.15, 0.2) is 30.3 Å². The second-order valence-electron chi connectivity index (χ2n) is 13.0. The highest BCUT2D eigenvalue weighted by molar-refractivity contribution is 5.84. The first-order valence-electron chi connectivity index (χ1n) is 14.6. The van der Waals surface area contributed by atoms with Crippen molar-refractivity contribution < 1.29 is 19.7 Å². The Bertz CT molecular complexity index is 907. The molecular weight excluding hydrogens is 450 g/mol. The van der Waals surface area contributed by atoms with Gasteiger partial charge in [0, 0.05) is 5.69 Å². The maximum absolute atomic E-state index is 12.1. The van der Waals surface area contributed by atoms with E-state index in [1.165, 1.54) is 25.7 Å². The lowest BCUT2D eigenvalue weighted by atomic mass is 9.41. The number of rotatable bonds is 6. The number of hydrogen-bond donors (Lipinski definition) is 3. The zero-order chi connectivity index (χ0) is 25.5. The highest BCUT2D eigenvalue weighted by Crippen LogP contribution is 2.69. The van der Waals surface area contributed by atoms with E-state index in [0.29, 0.717) is 42.1 Å². The summed E-state index contributed by atoms with van der Waals surface area (Å²) in [4.78, 5) is 12.1. The first-order valence-corrected chi connectivity index (χ1v) is 14.6. The molecule has 4 aliphatic carbocycles. The number of carbonyl (C=O) groups excluding carboxylic acids is 1. The molecular formula is C31H47NO4. The van der Waals surface area contributed by atoms with Crippen molar-refractivity contribution in [3.63, 3.8) is 0 Å². The monoisotopic (exact) mass is 497 g/mol. The lowest BCUT2D eigenvalue weighted by Crippen LogP contribution is -2.62. The summed E-state index contributed by atoms with van der Waals surface area (Å²) in [6.07, 6.45) is 9.97. The molecule has 0 saturated heterocycles. The van der Waals surface area contributed by atoms with E-state index >= 15 is 0 Å². The van der Waals surface area contributed by atoms with E-state index in [0.717, 1.165) is 44.2 Å². The third kappa shape index (κ3) is 4.49. The largest absolute Gasteiger partial charge is 0.449 e. The number of carbonyl (C=O) groups is 1. The van der Waals surface area contributed by atoms with Crippen LogP contribution in [-0.2, 0) is 4.74 Å². The number of hydrogen-bond acceptors (Lipinski definition) is 4. The number of para-hydroxylation sites is 1. The molecule has 36 heavy (non-hydrogen) atoms. The van der Waals surface area contributed by atoms with Gasteiger partial charge >= 0.3 is 6.09 Å². The zero-order valence-corrected chi connectivity index (χ0v) is 22.5. The number of amides is 1. The number of aliphatic hydroxyl groups excluding tert-OH is 2. The number of aliphatic hydroxyl groups is 2. The summed E-state index contributed by atoms with van der Waals surface area (Å²) in [5.74, 6) is 2.94. The quantitative estimate of drug-likeness (QED) is 0.385. The first-order chi connectivity index (χ1) is 17.3. The summed E-state index contributed by atoms with van der Waals surface area (Å²) >= 11 is 0. The van der Waals surface area contributed by atoms with E-state index in [1.807, 2.05) is 30.3 Å². The number of ether oxygens (including phenoxy) is 1. The molecule has 4 fully saturated rings. The lowest BCUT2D eigenvalue weighted by molar-refractivity contribution is -0.202. The van der Waals surface area contributed by atoms with Gasteiger partial charge in [0.1, 0.15) is 0 Å². The van der Waals surface area contributed by atoms with Crippen molar-refractivity contribution in [2.24, 2.45) is 46.3 Å². The first kappa shape index (κ1) is 26.0. The average molecular weight is 498 g/mol. The maximum atomic E-state index is 12.1. The van der Waals surface area contributed by atoms with Crippen LogP contribution in [0.3, 0.4) is 0 Å². The molecule has 1 aromatic carbocycles. The minimum absolute atomic E-state index is 0.192. The van der Waals surface area contributed by atoms with Crippen molar-refractivity contribution in [2.75, 3.05) is 11.9 Å². The smallest absolute Gasteiger partial charge is 0.411 e. The maximum Gasteiger partial charge on any atom is 0.411 e. The van der Waals surface area contributed by atoms with Crippen LogP contribution in [0.4, 0.5) is 10.5 Å². The molecule has 0 aromatic heterocycles. The van der Waals surface area contributed by atoms with Crippen LogP contribution in [-0.4, -0.2) is 35.1 Å². The Morgan fingerprint density at radius 1 is 1.00 bits per heavy atom. The number of nitrogens with one attached hydrogen (secondary N) is 1. The molecule has 0 aliphatic heterocycles. The van der Waals surface area contributed by atoms with Gasteiger partial charge in [0.2, 0.25) is 0 Å². The zero-order valence-electron chi connectivity index (χ0n) is 22.5. The average Bonchev–Trinajstić information content (AvgIpc) is 3.20. The van der Waals surface area contributed by atoms with E-state index < -0.39 is 0 Å². The highest BCUT2D eigenvalue weighted by atomic mass is 16.5. The summed E-state index contributed by atoms with van der Waals surface area (Å²) in [6.45, 7) is 7.69. The Kier molecular flexibility index (Phi) is 7.44. The number of benzene rings is 1. The van der Waals surface area contributed by atoms with Gasteiger partial charge in [-0.25, -0.2) is 4.79 Å². The van der Waals surface area contributed by atoms with Crippen molar-refractivity contribution in [3.8, 4) is 0 Å². The Morgan fingerprint density at radius 2 is 1.72 bits per heavy atom. The van der Waals surface area contributed by atoms with Crippen LogP contribution in [0, 0.1) is 46.3 Å². The van der Waals surface area contributed by atoms with Crippen molar-refractivity contribution in [1.82, 2.24) is 0 Å². The molecule has 10 atom stereocenters. The summed E-state index contributed by atoms with van der Waals surface area (Å²) < 4.78 is 5.48. The van der Waals surface area contributed by atoms with Gasteiger partial charge in [-0.05, 0) is 116 Å². The van der Waals surface area contributed by atoms with E-state index in [-0.39, 0.29) is 29.1 Å². The van der Waals surface area contributed by atoms with E-state index in [4.69, 9.17) is 4.74 Å². The predicted octanol–water partition coefficient (Wildman–Crippen LogP) is 6.64. The summed E-state index contributed by atoms with van der Waals surface area (Å²) in [5.41, 5.74) is 1.28. The van der Waals surface area contributed by atoms with E-state index in [2.05, 4.69) is 26.1 Å². The Morgan fingerprint density at radius 3 is 2.47 bits per heavy atom. The molecule has 200 valence electrons. The van der Waals surface area contributed by atoms with Crippen LogP contribution < -0.4 is 5.32 Å². The van der Waals surface area contributed by atoms with Crippen molar-refractivity contribution in [3.05, 3.63) is 30.3 Å². The van der Waals surface area contributed by atoms with Gasteiger partial charge in [-0.3, -0.25) is 5.32 Å². The molecule has 5 rings (SSSR count). The molecule has 0 spiro atoms. The highest BCUT2D eigenvalue weighted by Gasteiger charge is 2.64. The van der Waals surface area contributed by atoms with Gasteiger partial charge in [0.25, 0.3) is 0 Å². The van der Waals surface area contributed by atoms with Gasteiger partial charge in [-0.1, -0.05) is 45.4 Å². The molecule has 4 aliphatic rings. The fraction of sp³-hybridized carbons (Fsp3) is 0.774. The van der Waals surface area contributed by atoms with Crippen LogP contribution in [0.5, 0.6) is 0 Å². The molecule has 5 nitrogen and oxygen atoms in total. The molecule has 1 amide bonds. The Hall–Kier alpha value is -1.59. The van der Waals surface area contributed by atoms with Crippen LogP contribution in [0.1, 0.15) is 85.0 Å². The SMILES string of the molecule is CC[C@H]1[C@@H](O)[C@@H]2[C@H](CC[C@]3(C)[C@@H](CCCOC(=O)Nc4ccccc4)CC[C@@H]23)[C@@]2(C)CC[C@@H](O)C[C@@H]12. The number of anilines is 1. The van der Waals surface area contributed by atoms with Crippen molar-refractivity contribution >= 4 is 11.8 Å². The van der Waals surface area contributed by atoms with Crippen molar-refractivity contribution in [2.45, 2.75) is 97.2 Å². The van der Waals surface area contributed by atoms with Crippen LogP contribution in [0.25, 0.3) is 0 Å². The van der Waals surface area contributed by atoms with Gasteiger partial charge in [0.05, 0.1) is 18.8 Å². The van der Waals surface area contributed by atoms with Crippen molar-refractivity contribution in [1.29, 1.82) is 0 Å². The van der Waals surface area contributed by atoms with Gasteiger partial charge in [-0.2, -0.15) is 0 Å². The molecule has 0 radical (unpaired) electrons. The molecule has 0 unspecified atom stereocenters.